The predicted molar refractivity (Wildman–Crippen MR) is 63.6 cm³/mol. The molecule has 0 aliphatic rings. The lowest BCUT2D eigenvalue weighted by Crippen LogP contribution is -2.31. The van der Waals surface area contributed by atoms with E-state index >= 15 is 0 Å². The van der Waals surface area contributed by atoms with Crippen LogP contribution in [0.5, 0.6) is 0 Å². The first-order chi connectivity index (χ1) is 7.16. The van der Waals surface area contributed by atoms with Crippen molar-refractivity contribution in [3.63, 3.8) is 0 Å². The normalized spacial score (nSPS) is 13.1. The molecule has 1 unspecified atom stereocenters. The van der Waals surface area contributed by atoms with Gasteiger partial charge in [-0.2, -0.15) is 0 Å². The van der Waals surface area contributed by atoms with Gasteiger partial charge < -0.3 is 11.1 Å². The van der Waals surface area contributed by atoms with Crippen LogP contribution in [-0.4, -0.2) is 18.1 Å². The first-order valence-electron chi connectivity index (χ1n) is 5.51. The Hall–Kier alpha value is -0.930. The molecule has 1 aromatic heterocycles. The van der Waals surface area contributed by atoms with E-state index in [4.69, 9.17) is 5.73 Å². The van der Waals surface area contributed by atoms with E-state index in [9.17, 15) is 0 Å². The maximum Gasteiger partial charge on any atom is 0.0604 e. The Morgan fingerprint density at radius 1 is 1.47 bits per heavy atom. The number of hydrogen-bond donors (Lipinski definition) is 2. The monoisotopic (exact) mass is 207 g/mol. The van der Waals surface area contributed by atoms with Crippen LogP contribution in [0.1, 0.15) is 31.1 Å². The molecule has 3 heteroatoms. The number of nitrogens with one attached hydrogen (secondary N) is 1. The summed E-state index contributed by atoms with van der Waals surface area (Å²) < 4.78 is 0. The predicted octanol–water partition coefficient (Wildman–Crippen LogP) is 1.64. The van der Waals surface area contributed by atoms with Crippen molar-refractivity contribution in [3.8, 4) is 0 Å². The highest BCUT2D eigenvalue weighted by atomic mass is 15.0. The highest BCUT2D eigenvalue weighted by Gasteiger charge is 2.17. The van der Waals surface area contributed by atoms with Gasteiger partial charge in [-0.3, -0.25) is 4.98 Å². The van der Waals surface area contributed by atoms with Gasteiger partial charge in [-0.05, 0) is 24.5 Å². The second kappa shape index (κ2) is 5.83. The molecule has 0 bridgehead atoms. The summed E-state index contributed by atoms with van der Waals surface area (Å²) in [5.74, 6) is 0.519. The lowest BCUT2D eigenvalue weighted by Gasteiger charge is -2.23. The molecule has 84 valence electrons. The Morgan fingerprint density at radius 3 is 2.73 bits per heavy atom. The summed E-state index contributed by atoms with van der Waals surface area (Å²) >= 11 is 0. The van der Waals surface area contributed by atoms with E-state index in [0.717, 1.165) is 12.2 Å². The molecule has 3 nitrogen and oxygen atoms in total. The maximum atomic E-state index is 5.51. The summed E-state index contributed by atoms with van der Waals surface area (Å²) in [6.07, 6.45) is 1.85. The first-order valence-corrected chi connectivity index (χ1v) is 5.51. The largest absolute Gasteiger partial charge is 0.329 e. The van der Waals surface area contributed by atoms with E-state index in [1.165, 1.54) is 5.56 Å². The van der Waals surface area contributed by atoms with Gasteiger partial charge in [-0.15, -0.1) is 0 Å². The zero-order chi connectivity index (χ0) is 11.3. The highest BCUT2D eigenvalue weighted by Crippen LogP contribution is 2.21. The standard InChI is InChI=1S/C12H21N3/c1-9(2)11(15-8-6-13)12-10(3)5-4-7-14-12/h4-5,7,9,11,15H,6,8,13H2,1-3H3. The van der Waals surface area contributed by atoms with E-state index in [-0.39, 0.29) is 0 Å². The van der Waals surface area contributed by atoms with Crippen molar-refractivity contribution in [2.45, 2.75) is 26.8 Å². The van der Waals surface area contributed by atoms with Gasteiger partial charge in [0.1, 0.15) is 0 Å². The molecule has 1 rings (SSSR count). The van der Waals surface area contributed by atoms with Gasteiger partial charge in [0.2, 0.25) is 0 Å². The molecule has 0 amide bonds. The van der Waals surface area contributed by atoms with E-state index in [0.29, 0.717) is 18.5 Å². The van der Waals surface area contributed by atoms with Gasteiger partial charge in [-0.1, -0.05) is 19.9 Å². The summed E-state index contributed by atoms with van der Waals surface area (Å²) in [6, 6.07) is 4.37. The van der Waals surface area contributed by atoms with Crippen LogP contribution < -0.4 is 11.1 Å². The fraction of sp³-hybridized carbons (Fsp3) is 0.583. The Labute approximate surface area is 92.1 Å². The van der Waals surface area contributed by atoms with Crippen LogP contribution in [0.3, 0.4) is 0 Å². The van der Waals surface area contributed by atoms with Crippen LogP contribution in [0.15, 0.2) is 18.3 Å². The summed E-state index contributed by atoms with van der Waals surface area (Å²) in [4.78, 5) is 4.45. The highest BCUT2D eigenvalue weighted by molar-refractivity contribution is 5.21. The van der Waals surface area contributed by atoms with Crippen LogP contribution in [0, 0.1) is 12.8 Å². The van der Waals surface area contributed by atoms with Crippen LogP contribution >= 0.6 is 0 Å². The van der Waals surface area contributed by atoms with E-state index < -0.39 is 0 Å². The molecular weight excluding hydrogens is 186 g/mol. The fourth-order valence-electron chi connectivity index (χ4n) is 1.71. The summed E-state index contributed by atoms with van der Waals surface area (Å²) in [6.45, 7) is 7.99. The third-order valence-corrected chi connectivity index (χ3v) is 2.52. The molecule has 0 fully saturated rings. The van der Waals surface area contributed by atoms with Gasteiger partial charge >= 0.3 is 0 Å². The molecule has 0 aliphatic heterocycles. The topological polar surface area (TPSA) is 50.9 Å². The second-order valence-electron chi connectivity index (χ2n) is 4.17. The SMILES string of the molecule is Cc1cccnc1C(NCCN)C(C)C. The van der Waals surface area contributed by atoms with Crippen LogP contribution in [0.2, 0.25) is 0 Å². The van der Waals surface area contributed by atoms with Crippen LogP contribution in [0.4, 0.5) is 0 Å². The Balaban J connectivity index is 2.84. The molecule has 0 spiro atoms. The summed E-state index contributed by atoms with van der Waals surface area (Å²) in [5, 5.41) is 3.44. The van der Waals surface area contributed by atoms with Crippen molar-refractivity contribution in [3.05, 3.63) is 29.6 Å². The molecule has 0 saturated heterocycles. The van der Waals surface area contributed by atoms with Crippen molar-refractivity contribution in [1.82, 2.24) is 10.3 Å². The number of nitrogens with zero attached hydrogens (tertiary/aromatic N) is 1. The number of hydrogen-bond acceptors (Lipinski definition) is 3. The number of rotatable bonds is 5. The third-order valence-electron chi connectivity index (χ3n) is 2.52. The molecule has 1 atom stereocenters. The third kappa shape index (κ3) is 3.29. The first kappa shape index (κ1) is 12.1. The fourth-order valence-corrected chi connectivity index (χ4v) is 1.71. The number of nitrogens with two attached hydrogens (primary N) is 1. The molecule has 0 aromatic carbocycles. The minimum Gasteiger partial charge on any atom is -0.329 e. The van der Waals surface area contributed by atoms with Gasteiger partial charge in [0.15, 0.2) is 0 Å². The van der Waals surface area contributed by atoms with Crippen molar-refractivity contribution < 1.29 is 0 Å². The molecule has 3 N–H and O–H groups in total. The lowest BCUT2D eigenvalue weighted by atomic mass is 9.97. The maximum absolute atomic E-state index is 5.51. The second-order valence-corrected chi connectivity index (χ2v) is 4.17. The Morgan fingerprint density at radius 2 is 2.20 bits per heavy atom. The minimum atomic E-state index is 0.301. The lowest BCUT2D eigenvalue weighted by molar-refractivity contribution is 0.407. The number of aryl methyl sites for hydroxylation is 1. The van der Waals surface area contributed by atoms with Crippen LogP contribution in [-0.2, 0) is 0 Å². The smallest absolute Gasteiger partial charge is 0.0604 e. The van der Waals surface area contributed by atoms with Crippen molar-refractivity contribution in [2.24, 2.45) is 11.7 Å². The quantitative estimate of drug-likeness (QED) is 0.771. The Kier molecular flexibility index (Phi) is 4.72. The van der Waals surface area contributed by atoms with Crippen LogP contribution in [0.25, 0.3) is 0 Å². The van der Waals surface area contributed by atoms with Gasteiger partial charge in [0.05, 0.1) is 11.7 Å². The molecule has 15 heavy (non-hydrogen) atoms. The van der Waals surface area contributed by atoms with E-state index in [1.807, 2.05) is 12.3 Å². The van der Waals surface area contributed by atoms with Gasteiger partial charge in [-0.25, -0.2) is 0 Å². The number of aromatic nitrogens is 1. The summed E-state index contributed by atoms with van der Waals surface area (Å²) in [5.41, 5.74) is 7.89. The number of pyridine rings is 1. The average molecular weight is 207 g/mol. The molecule has 0 aliphatic carbocycles. The van der Waals surface area contributed by atoms with E-state index in [2.05, 4.69) is 37.1 Å². The molecule has 1 aromatic rings. The molecule has 0 saturated carbocycles. The molecule has 0 radical (unpaired) electrons. The zero-order valence-electron chi connectivity index (χ0n) is 9.83. The summed E-state index contributed by atoms with van der Waals surface area (Å²) in [7, 11) is 0. The molecular formula is C12H21N3. The minimum absolute atomic E-state index is 0.301. The van der Waals surface area contributed by atoms with Crippen molar-refractivity contribution in [2.75, 3.05) is 13.1 Å². The van der Waals surface area contributed by atoms with E-state index in [1.54, 1.807) is 0 Å². The van der Waals surface area contributed by atoms with Crippen molar-refractivity contribution in [1.29, 1.82) is 0 Å². The molecule has 1 heterocycles. The van der Waals surface area contributed by atoms with Crippen molar-refractivity contribution >= 4 is 0 Å². The Bertz CT molecular complexity index is 297. The zero-order valence-corrected chi connectivity index (χ0v) is 9.83. The van der Waals surface area contributed by atoms with Gasteiger partial charge in [0.25, 0.3) is 0 Å². The van der Waals surface area contributed by atoms with Gasteiger partial charge in [0, 0.05) is 19.3 Å². The average Bonchev–Trinajstić information content (AvgIpc) is 2.20.